The average Bonchev–Trinajstić information content (AvgIpc) is 2.44. The molecule has 0 unspecified atom stereocenters. The number of phenolic OH excluding ortho intramolecular Hbond substituents is 1. The molecule has 0 atom stereocenters. The van der Waals surface area contributed by atoms with E-state index in [1.807, 2.05) is 26.8 Å². The average molecular weight is 322 g/mol. The van der Waals surface area contributed by atoms with Crippen LogP contribution in [0.5, 0.6) is 5.75 Å². The van der Waals surface area contributed by atoms with Gasteiger partial charge >= 0.3 is 6.09 Å². The van der Waals surface area contributed by atoms with Crippen molar-refractivity contribution < 1.29 is 19.7 Å². The molecule has 1 amide bonds. The topological polar surface area (TPSA) is 82.0 Å². The quantitative estimate of drug-likeness (QED) is 0.797. The van der Waals surface area contributed by atoms with Crippen LogP contribution in [0.25, 0.3) is 0 Å². The van der Waals surface area contributed by atoms with Crippen LogP contribution in [-0.2, 0) is 4.74 Å². The fourth-order valence-electron chi connectivity index (χ4n) is 2.49. The Bertz CT molecular complexity index is 546. The zero-order chi connectivity index (χ0) is 17.1. The zero-order valence-electron chi connectivity index (χ0n) is 14.0. The van der Waals surface area contributed by atoms with Crippen molar-refractivity contribution in [2.24, 2.45) is 0 Å². The Morgan fingerprint density at radius 1 is 1.35 bits per heavy atom. The SMILES string of the molecule is CC(C)(C)OC(=O)N1CCC(O)(CNc2cccc(O)c2)CC1. The minimum absolute atomic E-state index is 0.182. The van der Waals surface area contributed by atoms with Crippen molar-refractivity contribution in [2.45, 2.75) is 44.8 Å². The summed E-state index contributed by atoms with van der Waals surface area (Å²) in [5.41, 5.74) is -0.626. The molecule has 0 bridgehead atoms. The lowest BCUT2D eigenvalue weighted by molar-refractivity contribution is -0.0244. The highest BCUT2D eigenvalue weighted by atomic mass is 16.6. The Kier molecular flexibility index (Phi) is 5.04. The molecule has 3 N–H and O–H groups in total. The van der Waals surface area contributed by atoms with Crippen molar-refractivity contribution in [1.29, 1.82) is 0 Å². The summed E-state index contributed by atoms with van der Waals surface area (Å²) >= 11 is 0. The van der Waals surface area contributed by atoms with Crippen molar-refractivity contribution in [3.8, 4) is 5.75 Å². The highest BCUT2D eigenvalue weighted by Crippen LogP contribution is 2.25. The maximum Gasteiger partial charge on any atom is 0.410 e. The normalized spacial score (nSPS) is 17.7. The number of carbonyl (C=O) groups excluding carboxylic acids is 1. The van der Waals surface area contributed by atoms with Gasteiger partial charge in [0.15, 0.2) is 0 Å². The maximum atomic E-state index is 12.0. The minimum Gasteiger partial charge on any atom is -0.508 e. The second-order valence-corrected chi connectivity index (χ2v) is 7.10. The lowest BCUT2D eigenvalue weighted by atomic mass is 9.91. The van der Waals surface area contributed by atoms with Gasteiger partial charge in [-0.3, -0.25) is 0 Å². The first-order valence-electron chi connectivity index (χ1n) is 7.90. The van der Waals surface area contributed by atoms with E-state index in [0.29, 0.717) is 32.5 Å². The molecule has 2 rings (SSSR count). The molecule has 1 aliphatic heterocycles. The minimum atomic E-state index is -0.871. The second kappa shape index (κ2) is 6.66. The van der Waals surface area contributed by atoms with E-state index in [1.54, 1.807) is 23.1 Å². The molecule has 128 valence electrons. The van der Waals surface area contributed by atoms with Crippen molar-refractivity contribution in [1.82, 2.24) is 4.90 Å². The Hall–Kier alpha value is -1.95. The largest absolute Gasteiger partial charge is 0.508 e. The predicted molar refractivity (Wildman–Crippen MR) is 88.6 cm³/mol. The van der Waals surface area contributed by atoms with E-state index >= 15 is 0 Å². The van der Waals surface area contributed by atoms with Gasteiger partial charge in [-0.15, -0.1) is 0 Å². The first kappa shape index (κ1) is 17.4. The summed E-state index contributed by atoms with van der Waals surface area (Å²) in [6.45, 7) is 6.82. The highest BCUT2D eigenvalue weighted by Gasteiger charge is 2.35. The molecule has 1 saturated heterocycles. The Balaban J connectivity index is 1.83. The van der Waals surface area contributed by atoms with Gasteiger partial charge in [0.25, 0.3) is 0 Å². The van der Waals surface area contributed by atoms with E-state index in [0.717, 1.165) is 5.69 Å². The van der Waals surface area contributed by atoms with Crippen molar-refractivity contribution in [3.05, 3.63) is 24.3 Å². The number of hydrogen-bond acceptors (Lipinski definition) is 5. The van der Waals surface area contributed by atoms with Crippen LogP contribution in [0.3, 0.4) is 0 Å². The van der Waals surface area contributed by atoms with E-state index in [2.05, 4.69) is 5.32 Å². The number of rotatable bonds is 3. The van der Waals surface area contributed by atoms with Gasteiger partial charge in [-0.05, 0) is 45.7 Å². The van der Waals surface area contributed by atoms with Gasteiger partial charge in [0.1, 0.15) is 11.4 Å². The van der Waals surface area contributed by atoms with E-state index in [4.69, 9.17) is 4.74 Å². The lowest BCUT2D eigenvalue weighted by Gasteiger charge is -2.38. The summed E-state index contributed by atoms with van der Waals surface area (Å²) in [7, 11) is 0. The fourth-order valence-corrected chi connectivity index (χ4v) is 2.49. The van der Waals surface area contributed by atoms with Gasteiger partial charge < -0.3 is 25.2 Å². The van der Waals surface area contributed by atoms with Crippen molar-refractivity contribution in [2.75, 3.05) is 25.0 Å². The lowest BCUT2D eigenvalue weighted by Crippen LogP contribution is -2.50. The summed E-state index contributed by atoms with van der Waals surface area (Å²) in [6, 6.07) is 6.78. The molecular formula is C17H26N2O4. The van der Waals surface area contributed by atoms with Gasteiger partial charge in [-0.2, -0.15) is 0 Å². The molecule has 6 nitrogen and oxygen atoms in total. The third-order valence-corrected chi connectivity index (χ3v) is 3.81. The van der Waals surface area contributed by atoms with Crippen LogP contribution in [0.2, 0.25) is 0 Å². The Labute approximate surface area is 137 Å². The number of nitrogens with one attached hydrogen (secondary N) is 1. The van der Waals surface area contributed by atoms with Gasteiger partial charge in [0.05, 0.1) is 5.60 Å². The number of ether oxygens (including phenoxy) is 1. The molecule has 0 aliphatic carbocycles. The first-order chi connectivity index (χ1) is 10.7. The Morgan fingerprint density at radius 3 is 2.57 bits per heavy atom. The summed E-state index contributed by atoms with van der Waals surface area (Å²) in [5, 5.41) is 23.2. The van der Waals surface area contributed by atoms with Crippen LogP contribution < -0.4 is 5.32 Å². The molecule has 0 saturated carbocycles. The number of hydrogen-bond donors (Lipinski definition) is 3. The van der Waals surface area contributed by atoms with Crippen LogP contribution in [0.4, 0.5) is 10.5 Å². The summed E-state index contributed by atoms with van der Waals surface area (Å²) < 4.78 is 5.35. The number of aromatic hydroxyl groups is 1. The predicted octanol–water partition coefficient (Wildman–Crippen LogP) is 2.57. The molecule has 23 heavy (non-hydrogen) atoms. The van der Waals surface area contributed by atoms with Gasteiger partial charge in [0.2, 0.25) is 0 Å². The third-order valence-electron chi connectivity index (χ3n) is 3.81. The van der Waals surface area contributed by atoms with Crippen LogP contribution >= 0.6 is 0 Å². The van der Waals surface area contributed by atoms with Gasteiger partial charge in [0, 0.05) is 31.4 Å². The smallest absolute Gasteiger partial charge is 0.410 e. The van der Waals surface area contributed by atoms with E-state index in [-0.39, 0.29) is 11.8 Å². The number of amides is 1. The van der Waals surface area contributed by atoms with E-state index < -0.39 is 11.2 Å². The summed E-state index contributed by atoms with van der Waals surface area (Å²) in [5.74, 6) is 0.182. The molecule has 1 fully saturated rings. The fraction of sp³-hybridized carbons (Fsp3) is 0.588. The number of benzene rings is 1. The van der Waals surface area contributed by atoms with Gasteiger partial charge in [-0.25, -0.2) is 4.79 Å². The Morgan fingerprint density at radius 2 is 2.00 bits per heavy atom. The van der Waals surface area contributed by atoms with Gasteiger partial charge in [-0.1, -0.05) is 6.07 Å². The van der Waals surface area contributed by atoms with E-state index in [1.165, 1.54) is 0 Å². The van der Waals surface area contributed by atoms with Crippen LogP contribution in [0, 0.1) is 0 Å². The number of nitrogens with zero attached hydrogens (tertiary/aromatic N) is 1. The molecule has 0 aromatic heterocycles. The number of likely N-dealkylation sites (tertiary alicyclic amines) is 1. The van der Waals surface area contributed by atoms with Crippen LogP contribution in [0.1, 0.15) is 33.6 Å². The monoisotopic (exact) mass is 322 g/mol. The van der Waals surface area contributed by atoms with Crippen LogP contribution in [-0.4, -0.2) is 52.0 Å². The highest BCUT2D eigenvalue weighted by molar-refractivity contribution is 5.68. The number of anilines is 1. The summed E-state index contributed by atoms with van der Waals surface area (Å²) in [4.78, 5) is 13.7. The maximum absolute atomic E-state index is 12.0. The first-order valence-corrected chi connectivity index (χ1v) is 7.90. The number of carbonyl (C=O) groups is 1. The molecule has 1 aromatic rings. The van der Waals surface area contributed by atoms with Crippen LogP contribution in [0.15, 0.2) is 24.3 Å². The molecule has 1 aromatic carbocycles. The number of phenols is 1. The number of piperidine rings is 1. The molecule has 0 radical (unpaired) electrons. The molecule has 1 aliphatic rings. The number of aliphatic hydroxyl groups is 1. The molecule has 1 heterocycles. The van der Waals surface area contributed by atoms with Crippen molar-refractivity contribution in [3.63, 3.8) is 0 Å². The van der Waals surface area contributed by atoms with Crippen molar-refractivity contribution >= 4 is 11.8 Å². The zero-order valence-corrected chi connectivity index (χ0v) is 14.0. The molecule has 0 spiro atoms. The van der Waals surface area contributed by atoms with E-state index in [9.17, 15) is 15.0 Å². The summed E-state index contributed by atoms with van der Waals surface area (Å²) in [6.07, 6.45) is 0.635. The third kappa shape index (κ3) is 5.32. The standard InChI is InChI=1S/C17H26N2O4/c1-16(2,3)23-15(21)19-9-7-17(22,8-10-19)12-18-13-5-4-6-14(20)11-13/h4-6,11,18,20,22H,7-10,12H2,1-3H3. The second-order valence-electron chi connectivity index (χ2n) is 7.10. The molecule has 6 heteroatoms. The molecular weight excluding hydrogens is 296 g/mol.